The molecule has 0 radical (unpaired) electrons. The SMILES string of the molecule is CNC(=O)Nc1cccc(NC(=O)C2CC3CCCCC3N2)c1.Cl. The zero-order valence-corrected chi connectivity index (χ0v) is 14.6. The molecule has 3 unspecified atom stereocenters. The Balaban J connectivity index is 0.00000208. The van der Waals surface area contributed by atoms with Crippen molar-refractivity contribution in [3.05, 3.63) is 24.3 Å². The zero-order valence-electron chi connectivity index (χ0n) is 13.8. The lowest BCUT2D eigenvalue weighted by atomic mass is 9.85. The Hall–Kier alpha value is -1.79. The third-order valence-corrected chi connectivity index (χ3v) is 4.79. The van der Waals surface area contributed by atoms with E-state index < -0.39 is 0 Å². The Kier molecular flexibility index (Phi) is 6.45. The van der Waals surface area contributed by atoms with E-state index in [4.69, 9.17) is 0 Å². The molecule has 0 spiro atoms. The highest BCUT2D eigenvalue weighted by Gasteiger charge is 2.38. The van der Waals surface area contributed by atoms with Gasteiger partial charge in [0.05, 0.1) is 6.04 Å². The van der Waals surface area contributed by atoms with E-state index in [9.17, 15) is 9.59 Å². The molecule has 3 atom stereocenters. The Morgan fingerprint density at radius 1 is 1.12 bits per heavy atom. The van der Waals surface area contributed by atoms with Gasteiger partial charge in [0.15, 0.2) is 0 Å². The first kappa shape index (κ1) is 18.5. The van der Waals surface area contributed by atoms with Crippen molar-refractivity contribution in [2.45, 2.75) is 44.2 Å². The Morgan fingerprint density at radius 2 is 1.83 bits per heavy atom. The largest absolute Gasteiger partial charge is 0.341 e. The molecular formula is C17H25ClN4O2. The van der Waals surface area contributed by atoms with Gasteiger partial charge in [-0.2, -0.15) is 0 Å². The van der Waals surface area contributed by atoms with Crippen molar-refractivity contribution in [1.82, 2.24) is 10.6 Å². The molecule has 1 aromatic carbocycles. The molecule has 1 saturated heterocycles. The minimum atomic E-state index is -0.282. The van der Waals surface area contributed by atoms with Gasteiger partial charge in [-0.05, 0) is 43.4 Å². The summed E-state index contributed by atoms with van der Waals surface area (Å²) in [5, 5.41) is 11.6. The van der Waals surface area contributed by atoms with E-state index in [1.807, 2.05) is 12.1 Å². The summed E-state index contributed by atoms with van der Waals surface area (Å²) in [6.07, 6.45) is 5.87. The minimum Gasteiger partial charge on any atom is -0.341 e. The van der Waals surface area contributed by atoms with Gasteiger partial charge < -0.3 is 21.3 Å². The molecule has 1 heterocycles. The van der Waals surface area contributed by atoms with Gasteiger partial charge in [0.25, 0.3) is 0 Å². The van der Waals surface area contributed by atoms with Crippen molar-refractivity contribution in [1.29, 1.82) is 0 Å². The second-order valence-corrected chi connectivity index (χ2v) is 6.38. The molecule has 1 saturated carbocycles. The smallest absolute Gasteiger partial charge is 0.318 e. The number of benzene rings is 1. The molecule has 1 aliphatic heterocycles. The van der Waals surface area contributed by atoms with E-state index >= 15 is 0 Å². The summed E-state index contributed by atoms with van der Waals surface area (Å²) in [7, 11) is 1.56. The number of fused-ring (bicyclic) bond motifs is 1. The first-order valence-electron chi connectivity index (χ1n) is 8.31. The number of nitrogens with one attached hydrogen (secondary N) is 4. The van der Waals surface area contributed by atoms with Crippen LogP contribution in [0.2, 0.25) is 0 Å². The molecule has 7 heteroatoms. The van der Waals surface area contributed by atoms with Crippen LogP contribution in [-0.4, -0.2) is 31.1 Å². The standard InChI is InChI=1S/C17H24N4O2.ClH/c1-18-17(23)20-13-7-4-6-12(10-13)19-16(22)15-9-11-5-2-3-8-14(11)21-15;/h4,6-7,10-11,14-15,21H,2-3,5,8-9H2,1H3,(H,19,22)(H2,18,20,23);1H. The van der Waals surface area contributed by atoms with Gasteiger partial charge in [-0.1, -0.05) is 18.9 Å². The van der Waals surface area contributed by atoms with Crippen molar-refractivity contribution >= 4 is 35.7 Å². The first-order valence-corrected chi connectivity index (χ1v) is 8.31. The van der Waals surface area contributed by atoms with Crippen molar-refractivity contribution in [3.8, 4) is 0 Å². The number of anilines is 2. The molecule has 1 aromatic rings. The van der Waals surface area contributed by atoms with E-state index in [-0.39, 0.29) is 30.4 Å². The van der Waals surface area contributed by atoms with Crippen LogP contribution >= 0.6 is 12.4 Å². The van der Waals surface area contributed by atoms with Gasteiger partial charge >= 0.3 is 6.03 Å². The topological polar surface area (TPSA) is 82.3 Å². The predicted molar refractivity (Wildman–Crippen MR) is 97.7 cm³/mol. The van der Waals surface area contributed by atoms with Crippen LogP contribution in [0.1, 0.15) is 32.1 Å². The van der Waals surface area contributed by atoms with Crippen LogP contribution in [0, 0.1) is 5.92 Å². The van der Waals surface area contributed by atoms with Gasteiger partial charge in [0.1, 0.15) is 0 Å². The van der Waals surface area contributed by atoms with E-state index in [0.29, 0.717) is 23.3 Å². The van der Waals surface area contributed by atoms with Gasteiger partial charge in [-0.25, -0.2) is 4.79 Å². The van der Waals surface area contributed by atoms with Gasteiger partial charge in [0.2, 0.25) is 5.91 Å². The first-order chi connectivity index (χ1) is 11.2. The van der Waals surface area contributed by atoms with E-state index in [1.165, 1.54) is 25.7 Å². The van der Waals surface area contributed by atoms with E-state index in [0.717, 1.165) is 6.42 Å². The van der Waals surface area contributed by atoms with Crippen LogP contribution in [0.5, 0.6) is 0 Å². The molecule has 132 valence electrons. The second-order valence-electron chi connectivity index (χ2n) is 6.38. The molecule has 2 aliphatic rings. The lowest BCUT2D eigenvalue weighted by Gasteiger charge is -2.24. The number of halogens is 1. The maximum absolute atomic E-state index is 12.5. The summed E-state index contributed by atoms with van der Waals surface area (Å²) in [6.45, 7) is 0. The minimum absolute atomic E-state index is 0. The van der Waals surface area contributed by atoms with Crippen LogP contribution in [0.4, 0.5) is 16.2 Å². The fourth-order valence-corrected chi connectivity index (χ4v) is 3.62. The predicted octanol–water partition coefficient (Wildman–Crippen LogP) is 2.72. The van der Waals surface area contributed by atoms with Crippen molar-refractivity contribution in [2.24, 2.45) is 5.92 Å². The fraction of sp³-hybridized carbons (Fsp3) is 0.529. The molecule has 0 bridgehead atoms. The highest BCUT2D eigenvalue weighted by Crippen LogP contribution is 2.33. The zero-order chi connectivity index (χ0) is 16.2. The maximum Gasteiger partial charge on any atom is 0.318 e. The summed E-state index contributed by atoms with van der Waals surface area (Å²) in [5.74, 6) is 0.650. The molecule has 3 rings (SSSR count). The molecule has 24 heavy (non-hydrogen) atoms. The van der Waals surface area contributed by atoms with Crippen LogP contribution in [0.15, 0.2) is 24.3 Å². The monoisotopic (exact) mass is 352 g/mol. The summed E-state index contributed by atoms with van der Waals surface area (Å²) < 4.78 is 0. The lowest BCUT2D eigenvalue weighted by molar-refractivity contribution is -0.117. The van der Waals surface area contributed by atoms with Crippen LogP contribution < -0.4 is 21.3 Å². The third kappa shape index (κ3) is 4.39. The molecule has 6 nitrogen and oxygen atoms in total. The Morgan fingerprint density at radius 3 is 2.54 bits per heavy atom. The highest BCUT2D eigenvalue weighted by atomic mass is 35.5. The normalized spacial score (nSPS) is 25.1. The molecule has 1 aliphatic carbocycles. The molecule has 4 N–H and O–H groups in total. The Labute approximate surface area is 148 Å². The number of hydrogen-bond donors (Lipinski definition) is 4. The van der Waals surface area contributed by atoms with Gasteiger partial charge in [-0.15, -0.1) is 12.4 Å². The van der Waals surface area contributed by atoms with Crippen molar-refractivity contribution < 1.29 is 9.59 Å². The van der Waals surface area contributed by atoms with Gasteiger partial charge in [-0.3, -0.25) is 4.79 Å². The van der Waals surface area contributed by atoms with Gasteiger partial charge in [0, 0.05) is 24.5 Å². The van der Waals surface area contributed by atoms with E-state index in [1.54, 1.807) is 19.2 Å². The summed E-state index contributed by atoms with van der Waals surface area (Å²) >= 11 is 0. The fourth-order valence-electron chi connectivity index (χ4n) is 3.62. The molecular weight excluding hydrogens is 328 g/mol. The number of carbonyl (C=O) groups excluding carboxylic acids is 2. The second kappa shape index (κ2) is 8.35. The summed E-state index contributed by atoms with van der Waals surface area (Å²) in [5.41, 5.74) is 1.34. The average molecular weight is 353 g/mol. The van der Waals surface area contributed by atoms with Crippen LogP contribution in [0.25, 0.3) is 0 Å². The third-order valence-electron chi connectivity index (χ3n) is 4.79. The number of hydrogen-bond acceptors (Lipinski definition) is 3. The lowest BCUT2D eigenvalue weighted by Crippen LogP contribution is -2.39. The quantitative estimate of drug-likeness (QED) is 0.675. The van der Waals surface area contributed by atoms with E-state index in [2.05, 4.69) is 21.3 Å². The van der Waals surface area contributed by atoms with Crippen LogP contribution in [-0.2, 0) is 4.79 Å². The average Bonchev–Trinajstić information content (AvgIpc) is 2.99. The highest BCUT2D eigenvalue weighted by molar-refractivity contribution is 5.96. The number of urea groups is 1. The number of amides is 3. The molecule has 2 fully saturated rings. The van der Waals surface area contributed by atoms with Crippen molar-refractivity contribution in [3.63, 3.8) is 0 Å². The van der Waals surface area contributed by atoms with Crippen LogP contribution in [0.3, 0.4) is 0 Å². The molecule has 0 aromatic heterocycles. The maximum atomic E-state index is 12.5. The number of carbonyl (C=O) groups is 2. The molecule has 3 amide bonds. The Bertz CT molecular complexity index is 582. The summed E-state index contributed by atoms with van der Waals surface area (Å²) in [4.78, 5) is 23.8. The summed E-state index contributed by atoms with van der Waals surface area (Å²) in [6, 6.07) is 7.29. The van der Waals surface area contributed by atoms with Crippen molar-refractivity contribution in [2.75, 3.05) is 17.7 Å². The number of rotatable bonds is 3.